The molecule has 28 heavy (non-hydrogen) atoms. The predicted molar refractivity (Wildman–Crippen MR) is 108 cm³/mol. The van der Waals surface area contributed by atoms with Crippen LogP contribution in [0.5, 0.6) is 0 Å². The molecule has 0 radical (unpaired) electrons. The zero-order chi connectivity index (χ0) is 19.7. The number of hydrogen-bond donors (Lipinski definition) is 1. The van der Waals surface area contributed by atoms with Gasteiger partial charge in [0.1, 0.15) is 5.69 Å². The summed E-state index contributed by atoms with van der Waals surface area (Å²) in [6, 6.07) is 15.1. The molecule has 0 aliphatic rings. The van der Waals surface area contributed by atoms with E-state index >= 15 is 0 Å². The van der Waals surface area contributed by atoms with Crippen molar-refractivity contribution in [1.29, 1.82) is 0 Å². The lowest BCUT2D eigenvalue weighted by molar-refractivity contribution is 0.0796. The maximum absolute atomic E-state index is 12.5. The van der Waals surface area contributed by atoms with E-state index in [1.54, 1.807) is 11.9 Å². The number of fused-ring (bicyclic) bond motifs is 1. The molecule has 2 heterocycles. The van der Waals surface area contributed by atoms with Gasteiger partial charge in [-0.3, -0.25) is 4.79 Å². The van der Waals surface area contributed by atoms with Gasteiger partial charge in [-0.15, -0.1) is 0 Å². The number of rotatable bonds is 5. The summed E-state index contributed by atoms with van der Waals surface area (Å²) in [5.74, 6) is 0.932. The SMILES string of the molecule is Cc1ccc(C(=O)N(C)CCc2noc(-c3cc4cc(Cl)ccc4[nH]3)n2)cc1. The lowest BCUT2D eigenvalue weighted by Crippen LogP contribution is -2.29. The van der Waals surface area contributed by atoms with Crippen molar-refractivity contribution >= 4 is 28.4 Å². The molecule has 0 saturated carbocycles. The number of nitrogens with zero attached hydrogens (tertiary/aromatic N) is 3. The number of aromatic amines is 1. The first kappa shape index (κ1) is 18.3. The quantitative estimate of drug-likeness (QED) is 0.541. The number of likely N-dealkylation sites (N-methyl/N-ethyl adjacent to an activating group) is 1. The van der Waals surface area contributed by atoms with Crippen molar-refractivity contribution in [3.63, 3.8) is 0 Å². The van der Waals surface area contributed by atoms with E-state index in [4.69, 9.17) is 16.1 Å². The molecule has 0 spiro atoms. The third kappa shape index (κ3) is 3.77. The number of amides is 1. The summed E-state index contributed by atoms with van der Waals surface area (Å²) in [5.41, 5.74) is 3.47. The van der Waals surface area contributed by atoms with Crippen molar-refractivity contribution in [3.8, 4) is 11.6 Å². The highest BCUT2D eigenvalue weighted by atomic mass is 35.5. The molecule has 6 nitrogen and oxygen atoms in total. The van der Waals surface area contributed by atoms with Crippen molar-refractivity contribution in [2.75, 3.05) is 13.6 Å². The molecule has 0 saturated heterocycles. The molecule has 0 fully saturated rings. The van der Waals surface area contributed by atoms with E-state index in [1.807, 2.05) is 55.5 Å². The number of benzene rings is 2. The zero-order valence-electron chi connectivity index (χ0n) is 15.6. The number of carbonyl (C=O) groups excluding carboxylic acids is 1. The van der Waals surface area contributed by atoms with E-state index in [9.17, 15) is 4.79 Å². The molecule has 0 atom stereocenters. The molecule has 0 bridgehead atoms. The maximum atomic E-state index is 12.5. The van der Waals surface area contributed by atoms with Crippen LogP contribution in [0, 0.1) is 6.92 Å². The first-order valence-corrected chi connectivity index (χ1v) is 9.31. The Morgan fingerprint density at radius 2 is 1.96 bits per heavy atom. The molecule has 4 aromatic rings. The largest absolute Gasteiger partial charge is 0.351 e. The van der Waals surface area contributed by atoms with Crippen molar-refractivity contribution < 1.29 is 9.32 Å². The standard InChI is InChI=1S/C21H19ClN4O2/c1-13-3-5-14(6-4-13)21(27)26(2)10-9-19-24-20(28-25-19)18-12-15-11-16(22)7-8-17(15)23-18/h3-8,11-12,23H,9-10H2,1-2H3. The van der Waals surface area contributed by atoms with E-state index < -0.39 is 0 Å². The molecule has 7 heteroatoms. The van der Waals surface area contributed by atoms with Crippen LogP contribution in [0.15, 0.2) is 53.1 Å². The van der Waals surface area contributed by atoms with Crippen LogP contribution in [0.3, 0.4) is 0 Å². The van der Waals surface area contributed by atoms with Crippen LogP contribution in [0.1, 0.15) is 21.7 Å². The third-order valence-electron chi connectivity index (χ3n) is 4.60. The Morgan fingerprint density at radius 1 is 1.18 bits per heavy atom. The average Bonchev–Trinajstić information content (AvgIpc) is 3.32. The van der Waals surface area contributed by atoms with E-state index in [0.29, 0.717) is 35.3 Å². The molecule has 2 aromatic heterocycles. The van der Waals surface area contributed by atoms with Crippen molar-refractivity contribution in [2.45, 2.75) is 13.3 Å². The van der Waals surface area contributed by atoms with Crippen LogP contribution in [0.2, 0.25) is 5.02 Å². The molecular formula is C21H19ClN4O2. The molecule has 1 amide bonds. The van der Waals surface area contributed by atoms with Gasteiger partial charge in [-0.25, -0.2) is 0 Å². The summed E-state index contributed by atoms with van der Waals surface area (Å²) in [6.45, 7) is 2.49. The normalized spacial score (nSPS) is 11.1. The minimum atomic E-state index is -0.0313. The summed E-state index contributed by atoms with van der Waals surface area (Å²) >= 11 is 6.03. The van der Waals surface area contributed by atoms with Gasteiger partial charge < -0.3 is 14.4 Å². The van der Waals surface area contributed by atoms with Gasteiger partial charge in [0.2, 0.25) is 0 Å². The van der Waals surface area contributed by atoms with Crippen molar-refractivity contribution in [3.05, 3.63) is 70.5 Å². The molecule has 1 N–H and O–H groups in total. The Bertz CT molecular complexity index is 1130. The first-order chi connectivity index (χ1) is 13.5. The van der Waals surface area contributed by atoms with Gasteiger partial charge in [-0.05, 0) is 43.3 Å². The lowest BCUT2D eigenvalue weighted by atomic mass is 10.1. The summed E-state index contributed by atoms with van der Waals surface area (Å²) in [4.78, 5) is 21.8. The summed E-state index contributed by atoms with van der Waals surface area (Å²) in [6.07, 6.45) is 0.504. The van der Waals surface area contributed by atoms with Gasteiger partial charge >= 0.3 is 0 Å². The maximum Gasteiger partial charge on any atom is 0.274 e. The number of halogens is 1. The molecule has 2 aromatic carbocycles. The van der Waals surface area contributed by atoms with Crippen LogP contribution in [-0.4, -0.2) is 39.5 Å². The number of aromatic nitrogens is 3. The van der Waals surface area contributed by atoms with Gasteiger partial charge in [-0.1, -0.05) is 34.5 Å². The molecule has 4 rings (SSSR count). The van der Waals surface area contributed by atoms with Crippen molar-refractivity contribution in [1.82, 2.24) is 20.0 Å². The second-order valence-corrected chi connectivity index (χ2v) is 7.21. The van der Waals surface area contributed by atoms with Crippen LogP contribution >= 0.6 is 11.6 Å². The fraction of sp³-hybridized carbons (Fsp3) is 0.190. The summed E-state index contributed by atoms with van der Waals surface area (Å²) < 4.78 is 5.37. The first-order valence-electron chi connectivity index (χ1n) is 8.93. The Kier molecular flexibility index (Phi) is 4.88. The molecule has 0 unspecified atom stereocenters. The number of aryl methyl sites for hydroxylation is 1. The number of hydrogen-bond acceptors (Lipinski definition) is 4. The topological polar surface area (TPSA) is 75.0 Å². The van der Waals surface area contributed by atoms with E-state index in [1.165, 1.54) is 0 Å². The Hall–Kier alpha value is -3.12. The van der Waals surface area contributed by atoms with Gasteiger partial charge in [-0.2, -0.15) is 4.98 Å². The Morgan fingerprint density at radius 3 is 2.75 bits per heavy atom. The monoisotopic (exact) mass is 394 g/mol. The summed E-state index contributed by atoms with van der Waals surface area (Å²) in [5, 5.41) is 5.68. The van der Waals surface area contributed by atoms with E-state index in [0.717, 1.165) is 22.2 Å². The minimum Gasteiger partial charge on any atom is -0.351 e. The second-order valence-electron chi connectivity index (χ2n) is 6.77. The number of H-pyrrole nitrogens is 1. The molecule has 0 aliphatic carbocycles. The van der Waals surface area contributed by atoms with Gasteiger partial charge in [0.05, 0.1) is 0 Å². The smallest absolute Gasteiger partial charge is 0.274 e. The Labute approximate surface area is 167 Å². The highest BCUT2D eigenvalue weighted by Gasteiger charge is 2.15. The minimum absolute atomic E-state index is 0.0313. The van der Waals surface area contributed by atoms with Crippen molar-refractivity contribution in [2.24, 2.45) is 0 Å². The van der Waals surface area contributed by atoms with E-state index in [-0.39, 0.29) is 5.91 Å². The van der Waals surface area contributed by atoms with Crippen LogP contribution in [0.25, 0.3) is 22.5 Å². The highest BCUT2D eigenvalue weighted by Crippen LogP contribution is 2.25. The average molecular weight is 395 g/mol. The molecule has 142 valence electrons. The Balaban J connectivity index is 1.42. The third-order valence-corrected chi connectivity index (χ3v) is 4.83. The predicted octanol–water partition coefficient (Wildman–Crippen LogP) is 4.49. The molecule has 0 aliphatic heterocycles. The fourth-order valence-electron chi connectivity index (χ4n) is 2.97. The number of nitrogens with one attached hydrogen (secondary N) is 1. The zero-order valence-corrected chi connectivity index (χ0v) is 16.3. The second kappa shape index (κ2) is 7.48. The van der Waals surface area contributed by atoms with Gasteiger partial charge in [0.25, 0.3) is 11.8 Å². The fourth-order valence-corrected chi connectivity index (χ4v) is 3.15. The van der Waals surface area contributed by atoms with Crippen LogP contribution in [0.4, 0.5) is 0 Å². The number of carbonyl (C=O) groups is 1. The van der Waals surface area contributed by atoms with Crippen LogP contribution in [-0.2, 0) is 6.42 Å². The van der Waals surface area contributed by atoms with Gasteiger partial charge in [0.15, 0.2) is 5.82 Å². The molecular weight excluding hydrogens is 376 g/mol. The highest BCUT2D eigenvalue weighted by molar-refractivity contribution is 6.31. The van der Waals surface area contributed by atoms with Gasteiger partial charge in [0, 0.05) is 41.5 Å². The van der Waals surface area contributed by atoms with Crippen LogP contribution < -0.4 is 0 Å². The van der Waals surface area contributed by atoms with E-state index in [2.05, 4.69) is 15.1 Å². The lowest BCUT2D eigenvalue weighted by Gasteiger charge is -2.16. The summed E-state index contributed by atoms with van der Waals surface area (Å²) in [7, 11) is 1.77.